The van der Waals surface area contributed by atoms with Crippen molar-refractivity contribution in [1.29, 1.82) is 0 Å². The number of pyridine rings is 1. The fourth-order valence-corrected chi connectivity index (χ4v) is 3.14. The summed E-state index contributed by atoms with van der Waals surface area (Å²) in [5.41, 5.74) is 1.26. The molecule has 1 aromatic rings. The molecule has 0 saturated heterocycles. The van der Waals surface area contributed by atoms with Crippen molar-refractivity contribution >= 4 is 0 Å². The van der Waals surface area contributed by atoms with E-state index in [-0.39, 0.29) is 0 Å². The highest BCUT2D eigenvalue weighted by atomic mass is 16.5. The van der Waals surface area contributed by atoms with Crippen molar-refractivity contribution in [2.24, 2.45) is 5.92 Å². The Balaban J connectivity index is 1.97. The molecule has 0 radical (unpaired) electrons. The molecule has 1 unspecified atom stereocenters. The number of nitrogens with zero attached hydrogens (tertiary/aromatic N) is 1. The van der Waals surface area contributed by atoms with Gasteiger partial charge in [0.15, 0.2) is 0 Å². The molecule has 0 aromatic carbocycles. The summed E-state index contributed by atoms with van der Waals surface area (Å²) in [6.07, 6.45) is 13.2. The smallest absolute Gasteiger partial charge is 0.137 e. The Hall–Kier alpha value is -1.09. The van der Waals surface area contributed by atoms with Crippen LogP contribution in [0.1, 0.15) is 63.5 Å². The standard InChI is InChI=1S/C17H28N2O/c1-3-10-19-17(9-8-14-6-4-5-7-14)15-11-16(20-2)13-18-12-15/h11-14,17,19H,3-10H2,1-2H3. The molecule has 1 aliphatic rings. The van der Waals surface area contributed by atoms with Crippen LogP contribution in [0.2, 0.25) is 0 Å². The minimum atomic E-state index is 0.415. The Kier molecular flexibility index (Phi) is 6.31. The zero-order chi connectivity index (χ0) is 14.2. The van der Waals surface area contributed by atoms with E-state index in [9.17, 15) is 0 Å². The van der Waals surface area contributed by atoms with Crippen LogP contribution in [0.3, 0.4) is 0 Å². The summed E-state index contributed by atoms with van der Waals surface area (Å²) in [5.74, 6) is 1.80. The minimum absolute atomic E-state index is 0.415. The van der Waals surface area contributed by atoms with Gasteiger partial charge in [-0.2, -0.15) is 0 Å². The molecular formula is C17H28N2O. The summed E-state index contributed by atoms with van der Waals surface area (Å²) in [6.45, 7) is 3.28. The average molecular weight is 276 g/mol. The van der Waals surface area contributed by atoms with E-state index in [1.54, 1.807) is 13.3 Å². The van der Waals surface area contributed by atoms with Gasteiger partial charge in [-0.15, -0.1) is 0 Å². The summed E-state index contributed by atoms with van der Waals surface area (Å²) in [5, 5.41) is 3.67. The zero-order valence-corrected chi connectivity index (χ0v) is 12.9. The normalized spacial score (nSPS) is 17.3. The van der Waals surface area contributed by atoms with E-state index < -0.39 is 0 Å². The number of aromatic nitrogens is 1. The Morgan fingerprint density at radius 2 is 2.15 bits per heavy atom. The zero-order valence-electron chi connectivity index (χ0n) is 12.9. The Morgan fingerprint density at radius 3 is 2.85 bits per heavy atom. The number of nitrogens with one attached hydrogen (secondary N) is 1. The lowest BCUT2D eigenvalue weighted by atomic mass is 9.95. The molecule has 0 amide bonds. The van der Waals surface area contributed by atoms with Crippen molar-refractivity contribution in [3.05, 3.63) is 24.0 Å². The van der Waals surface area contributed by atoms with Crippen LogP contribution >= 0.6 is 0 Å². The Morgan fingerprint density at radius 1 is 1.35 bits per heavy atom. The lowest BCUT2D eigenvalue weighted by Crippen LogP contribution is -2.23. The molecule has 3 nitrogen and oxygen atoms in total. The molecule has 112 valence electrons. The fourth-order valence-electron chi connectivity index (χ4n) is 3.14. The molecule has 3 heteroatoms. The van der Waals surface area contributed by atoms with Crippen LogP contribution in [0, 0.1) is 5.92 Å². The molecule has 20 heavy (non-hydrogen) atoms. The molecule has 1 N–H and O–H groups in total. The minimum Gasteiger partial charge on any atom is -0.495 e. The van der Waals surface area contributed by atoms with Crippen molar-refractivity contribution in [2.75, 3.05) is 13.7 Å². The molecule has 1 heterocycles. The number of hydrogen-bond acceptors (Lipinski definition) is 3. The second kappa shape index (κ2) is 8.25. The first-order chi connectivity index (χ1) is 9.83. The maximum Gasteiger partial charge on any atom is 0.137 e. The molecule has 1 fully saturated rings. The van der Waals surface area contributed by atoms with Crippen molar-refractivity contribution in [3.8, 4) is 5.75 Å². The van der Waals surface area contributed by atoms with Gasteiger partial charge in [-0.25, -0.2) is 0 Å². The first-order valence-corrected chi connectivity index (χ1v) is 8.05. The van der Waals surface area contributed by atoms with Crippen LogP contribution in [0.5, 0.6) is 5.75 Å². The van der Waals surface area contributed by atoms with Crippen LogP contribution in [0.15, 0.2) is 18.5 Å². The second-order valence-corrected chi connectivity index (χ2v) is 5.89. The lowest BCUT2D eigenvalue weighted by Gasteiger charge is -2.21. The number of rotatable bonds is 8. The third-order valence-corrected chi connectivity index (χ3v) is 4.35. The van der Waals surface area contributed by atoms with Gasteiger partial charge in [0.1, 0.15) is 5.75 Å². The summed E-state index contributed by atoms with van der Waals surface area (Å²) in [4.78, 5) is 4.30. The summed E-state index contributed by atoms with van der Waals surface area (Å²) in [7, 11) is 1.70. The van der Waals surface area contributed by atoms with Crippen LogP contribution in [0.4, 0.5) is 0 Å². The Bertz CT molecular complexity index is 388. The van der Waals surface area contributed by atoms with Gasteiger partial charge in [-0.1, -0.05) is 32.6 Å². The van der Waals surface area contributed by atoms with Gasteiger partial charge >= 0.3 is 0 Å². The highest BCUT2D eigenvalue weighted by Crippen LogP contribution is 2.31. The van der Waals surface area contributed by atoms with E-state index in [0.717, 1.165) is 24.6 Å². The molecule has 0 bridgehead atoms. The second-order valence-electron chi connectivity index (χ2n) is 5.89. The van der Waals surface area contributed by atoms with E-state index >= 15 is 0 Å². The van der Waals surface area contributed by atoms with Gasteiger partial charge in [0.25, 0.3) is 0 Å². The summed E-state index contributed by atoms with van der Waals surface area (Å²) < 4.78 is 5.30. The van der Waals surface area contributed by atoms with Crippen LogP contribution < -0.4 is 10.1 Å². The molecule has 1 aliphatic carbocycles. The number of ether oxygens (including phenoxy) is 1. The van der Waals surface area contributed by atoms with Crippen molar-refractivity contribution in [1.82, 2.24) is 10.3 Å². The molecular weight excluding hydrogens is 248 g/mol. The first kappa shape index (κ1) is 15.3. The fraction of sp³-hybridized carbons (Fsp3) is 0.706. The summed E-state index contributed by atoms with van der Waals surface area (Å²) >= 11 is 0. The van der Waals surface area contributed by atoms with Crippen molar-refractivity contribution < 1.29 is 4.74 Å². The van der Waals surface area contributed by atoms with E-state index in [1.165, 1.54) is 44.1 Å². The molecule has 1 aromatic heterocycles. The molecule has 0 spiro atoms. The molecule has 1 atom stereocenters. The van der Waals surface area contributed by atoms with Gasteiger partial charge in [-0.3, -0.25) is 4.98 Å². The Labute approximate surface area is 123 Å². The van der Waals surface area contributed by atoms with Gasteiger partial charge < -0.3 is 10.1 Å². The maximum absolute atomic E-state index is 5.30. The van der Waals surface area contributed by atoms with Gasteiger partial charge in [0.05, 0.1) is 13.3 Å². The van der Waals surface area contributed by atoms with Crippen molar-refractivity contribution in [2.45, 2.75) is 57.9 Å². The van der Waals surface area contributed by atoms with Gasteiger partial charge in [-0.05, 0) is 43.4 Å². The molecule has 1 saturated carbocycles. The predicted molar refractivity (Wildman–Crippen MR) is 83.0 cm³/mol. The quantitative estimate of drug-likeness (QED) is 0.776. The summed E-state index contributed by atoms with van der Waals surface area (Å²) in [6, 6.07) is 2.53. The maximum atomic E-state index is 5.30. The topological polar surface area (TPSA) is 34.2 Å². The first-order valence-electron chi connectivity index (χ1n) is 8.05. The van der Waals surface area contributed by atoms with Gasteiger partial charge in [0, 0.05) is 12.2 Å². The monoisotopic (exact) mass is 276 g/mol. The number of methoxy groups -OCH3 is 1. The van der Waals surface area contributed by atoms with Crippen LogP contribution in [-0.4, -0.2) is 18.6 Å². The average Bonchev–Trinajstić information content (AvgIpc) is 3.01. The highest BCUT2D eigenvalue weighted by molar-refractivity contribution is 5.25. The number of hydrogen-bond donors (Lipinski definition) is 1. The van der Waals surface area contributed by atoms with E-state index in [4.69, 9.17) is 4.74 Å². The van der Waals surface area contributed by atoms with E-state index in [1.807, 2.05) is 6.20 Å². The largest absolute Gasteiger partial charge is 0.495 e. The van der Waals surface area contributed by atoms with E-state index in [2.05, 4.69) is 23.3 Å². The van der Waals surface area contributed by atoms with Crippen LogP contribution in [-0.2, 0) is 0 Å². The molecule has 0 aliphatic heterocycles. The third kappa shape index (κ3) is 4.48. The van der Waals surface area contributed by atoms with Crippen molar-refractivity contribution in [3.63, 3.8) is 0 Å². The SMILES string of the molecule is CCCNC(CCC1CCCC1)c1cncc(OC)c1. The van der Waals surface area contributed by atoms with E-state index in [0.29, 0.717) is 6.04 Å². The van der Waals surface area contributed by atoms with Crippen LogP contribution in [0.25, 0.3) is 0 Å². The lowest BCUT2D eigenvalue weighted by molar-refractivity contribution is 0.400. The molecule has 2 rings (SSSR count). The predicted octanol–water partition coefficient (Wildman–Crippen LogP) is 4.10. The third-order valence-electron chi connectivity index (χ3n) is 4.35. The highest BCUT2D eigenvalue weighted by Gasteiger charge is 2.18. The van der Waals surface area contributed by atoms with Gasteiger partial charge in [0.2, 0.25) is 0 Å².